The van der Waals surface area contributed by atoms with Crippen LogP contribution >= 0.6 is 0 Å². The molecule has 2 atom stereocenters. The number of anilines is 1. The molecule has 4 rings (SSSR count). The second kappa shape index (κ2) is 8.75. The van der Waals surface area contributed by atoms with Crippen molar-refractivity contribution in [3.63, 3.8) is 0 Å². The van der Waals surface area contributed by atoms with E-state index in [4.69, 9.17) is 4.74 Å². The van der Waals surface area contributed by atoms with Crippen LogP contribution in [0.15, 0.2) is 95.1 Å². The topological polar surface area (TPSA) is 46.6 Å². The van der Waals surface area contributed by atoms with Crippen LogP contribution < -0.4 is 4.31 Å². The number of sulfonamides is 1. The van der Waals surface area contributed by atoms with Crippen LogP contribution in [0.1, 0.15) is 31.2 Å². The molecule has 31 heavy (non-hydrogen) atoms. The highest BCUT2D eigenvalue weighted by molar-refractivity contribution is 7.92. The van der Waals surface area contributed by atoms with Crippen LogP contribution in [0.5, 0.6) is 0 Å². The van der Waals surface area contributed by atoms with Gasteiger partial charge in [-0.05, 0) is 62.9 Å². The summed E-state index contributed by atoms with van der Waals surface area (Å²) in [5.74, 6) is 0.574. The number of ether oxygens (including phenoxy) is 1. The molecule has 2 aromatic rings. The van der Waals surface area contributed by atoms with Gasteiger partial charge in [-0.2, -0.15) is 0 Å². The summed E-state index contributed by atoms with van der Waals surface area (Å²) in [5.41, 5.74) is 3.61. The zero-order valence-electron chi connectivity index (χ0n) is 18.1. The van der Waals surface area contributed by atoms with Crippen molar-refractivity contribution in [2.75, 3.05) is 11.4 Å². The molecule has 0 unspecified atom stereocenters. The van der Waals surface area contributed by atoms with E-state index >= 15 is 0 Å². The summed E-state index contributed by atoms with van der Waals surface area (Å²) in [4.78, 5) is 0.275. The van der Waals surface area contributed by atoms with Crippen LogP contribution in [0.4, 0.5) is 5.69 Å². The highest BCUT2D eigenvalue weighted by atomic mass is 32.2. The summed E-state index contributed by atoms with van der Waals surface area (Å²) in [7, 11) is -2.22. The Kier molecular flexibility index (Phi) is 6.05. The summed E-state index contributed by atoms with van der Waals surface area (Å²) in [6.45, 7) is 6.22. The first-order chi connectivity index (χ1) is 14.9. The van der Waals surface area contributed by atoms with Crippen LogP contribution in [0, 0.1) is 12.8 Å². The molecule has 162 valence electrons. The lowest BCUT2D eigenvalue weighted by Gasteiger charge is -2.36. The van der Waals surface area contributed by atoms with Gasteiger partial charge in [0.15, 0.2) is 0 Å². The molecule has 0 bridgehead atoms. The molecule has 2 aliphatic rings. The average Bonchev–Trinajstić information content (AvgIpc) is 3.11. The Bertz CT molecular complexity index is 1120. The minimum Gasteiger partial charge on any atom is -0.497 e. The van der Waals surface area contributed by atoms with Gasteiger partial charge < -0.3 is 4.74 Å². The van der Waals surface area contributed by atoms with Crippen molar-refractivity contribution in [1.29, 1.82) is 0 Å². The second-order valence-corrected chi connectivity index (χ2v) is 10.0. The fourth-order valence-electron chi connectivity index (χ4n) is 4.53. The molecule has 0 saturated heterocycles. The molecule has 0 aliphatic heterocycles. The Morgan fingerprint density at radius 1 is 1.03 bits per heavy atom. The van der Waals surface area contributed by atoms with E-state index in [-0.39, 0.29) is 10.8 Å². The second-order valence-electron chi connectivity index (χ2n) is 8.21. The number of methoxy groups -OCH3 is 1. The Labute approximate surface area is 185 Å². The molecule has 0 aromatic heterocycles. The Morgan fingerprint density at radius 2 is 1.74 bits per heavy atom. The van der Waals surface area contributed by atoms with E-state index in [9.17, 15) is 8.42 Å². The van der Waals surface area contributed by atoms with E-state index in [2.05, 4.69) is 12.7 Å². The highest BCUT2D eigenvalue weighted by Gasteiger charge is 2.43. The van der Waals surface area contributed by atoms with E-state index < -0.39 is 16.1 Å². The van der Waals surface area contributed by atoms with Crippen molar-refractivity contribution in [2.24, 2.45) is 5.92 Å². The minimum atomic E-state index is -3.83. The maximum Gasteiger partial charge on any atom is 0.264 e. The average molecular weight is 436 g/mol. The van der Waals surface area contributed by atoms with Crippen molar-refractivity contribution in [1.82, 2.24) is 0 Å². The third-order valence-corrected chi connectivity index (χ3v) is 7.98. The predicted octanol–water partition coefficient (Wildman–Crippen LogP) is 5.78. The van der Waals surface area contributed by atoms with Gasteiger partial charge in [0.25, 0.3) is 10.0 Å². The molecule has 2 aromatic carbocycles. The summed E-state index contributed by atoms with van der Waals surface area (Å²) >= 11 is 0. The van der Waals surface area contributed by atoms with E-state index in [0.29, 0.717) is 17.0 Å². The molecular weight excluding hydrogens is 406 g/mol. The van der Waals surface area contributed by atoms with Gasteiger partial charge in [-0.3, -0.25) is 4.31 Å². The molecule has 0 fully saturated rings. The minimum absolute atomic E-state index is 0.0943. The smallest absolute Gasteiger partial charge is 0.264 e. The van der Waals surface area contributed by atoms with Gasteiger partial charge in [0, 0.05) is 11.5 Å². The largest absolute Gasteiger partial charge is 0.497 e. The molecule has 5 heteroatoms. The van der Waals surface area contributed by atoms with Gasteiger partial charge in [-0.25, -0.2) is 8.42 Å². The summed E-state index contributed by atoms with van der Waals surface area (Å²) in [6, 6.07) is 15.9. The third kappa shape index (κ3) is 4.07. The van der Waals surface area contributed by atoms with E-state index in [0.717, 1.165) is 24.8 Å². The number of rotatable bonds is 6. The highest BCUT2D eigenvalue weighted by Crippen LogP contribution is 2.44. The maximum absolute atomic E-state index is 14.0. The van der Waals surface area contributed by atoms with Gasteiger partial charge in [-0.1, -0.05) is 54.1 Å². The van der Waals surface area contributed by atoms with Crippen LogP contribution in [-0.4, -0.2) is 21.6 Å². The van der Waals surface area contributed by atoms with E-state index in [1.807, 2.05) is 55.5 Å². The molecule has 0 N–H and O–H groups in total. The van der Waals surface area contributed by atoms with Crippen LogP contribution in [0.3, 0.4) is 0 Å². The fraction of sp³-hybridized carbons (Fsp3) is 0.308. The van der Waals surface area contributed by atoms with Crippen LogP contribution in [0.2, 0.25) is 0 Å². The Morgan fingerprint density at radius 3 is 2.35 bits per heavy atom. The van der Waals surface area contributed by atoms with E-state index in [1.54, 1.807) is 23.5 Å². The SMILES string of the molecule is C=C1C(OC)=C[C@H](C2=CCCCC2)[C@H]1N(c1ccccc1)S(=O)(=O)c1ccc(C)cc1. The van der Waals surface area contributed by atoms with Crippen LogP contribution in [-0.2, 0) is 14.8 Å². The molecular formula is C26H29NO3S. The van der Waals surface area contributed by atoms with Gasteiger partial charge in [0.05, 0.1) is 23.7 Å². The number of aryl methyl sites for hydroxylation is 1. The van der Waals surface area contributed by atoms with Gasteiger partial charge in [0.1, 0.15) is 5.76 Å². The van der Waals surface area contributed by atoms with Gasteiger partial charge in [0.2, 0.25) is 0 Å². The molecule has 0 radical (unpaired) electrons. The van der Waals surface area contributed by atoms with Crippen molar-refractivity contribution >= 4 is 15.7 Å². The normalized spacial score (nSPS) is 21.4. The lowest BCUT2D eigenvalue weighted by molar-refractivity contribution is 0.302. The first-order valence-corrected chi connectivity index (χ1v) is 12.2. The molecule has 2 aliphatic carbocycles. The number of nitrogens with zero attached hydrogens (tertiary/aromatic N) is 1. The monoisotopic (exact) mass is 435 g/mol. The molecule has 0 saturated carbocycles. The molecule has 0 spiro atoms. The molecule has 0 amide bonds. The fourth-order valence-corrected chi connectivity index (χ4v) is 6.20. The summed E-state index contributed by atoms with van der Waals surface area (Å²) < 4.78 is 35.2. The zero-order chi connectivity index (χ0) is 22.0. The van der Waals surface area contributed by atoms with Gasteiger partial charge >= 0.3 is 0 Å². The third-order valence-electron chi connectivity index (χ3n) is 6.16. The lowest BCUT2D eigenvalue weighted by atomic mass is 9.85. The van der Waals surface area contributed by atoms with E-state index in [1.165, 1.54) is 12.0 Å². The Balaban J connectivity index is 1.87. The number of hydrogen-bond acceptors (Lipinski definition) is 3. The number of benzene rings is 2. The van der Waals surface area contributed by atoms with Crippen molar-refractivity contribution in [3.8, 4) is 0 Å². The molecule has 4 nitrogen and oxygen atoms in total. The zero-order valence-corrected chi connectivity index (χ0v) is 18.9. The summed E-state index contributed by atoms with van der Waals surface area (Å²) in [5, 5.41) is 0. The Hall–Kier alpha value is -2.79. The van der Waals surface area contributed by atoms with Crippen molar-refractivity contribution in [3.05, 3.63) is 95.8 Å². The van der Waals surface area contributed by atoms with Crippen LogP contribution in [0.25, 0.3) is 0 Å². The number of allylic oxidation sites excluding steroid dienone is 1. The summed E-state index contributed by atoms with van der Waals surface area (Å²) in [6.07, 6.45) is 8.60. The molecule has 0 heterocycles. The lowest BCUT2D eigenvalue weighted by Crippen LogP contribution is -2.44. The first-order valence-electron chi connectivity index (χ1n) is 10.7. The van der Waals surface area contributed by atoms with Crippen molar-refractivity contribution in [2.45, 2.75) is 43.5 Å². The predicted molar refractivity (Wildman–Crippen MR) is 125 cm³/mol. The number of para-hydroxylation sites is 1. The maximum atomic E-state index is 14.0. The first kappa shape index (κ1) is 21.4. The van der Waals surface area contributed by atoms with Gasteiger partial charge in [-0.15, -0.1) is 0 Å². The number of hydrogen-bond donors (Lipinski definition) is 0. The quantitative estimate of drug-likeness (QED) is 0.541. The van der Waals surface area contributed by atoms with Crippen molar-refractivity contribution < 1.29 is 13.2 Å². The standard InChI is InChI=1S/C26H29NO3S/c1-19-14-16-23(17-15-19)31(28,29)27(22-12-8-5-9-13-22)26-20(2)25(30-3)18-24(26)21-10-6-4-7-11-21/h5,8-10,12-18,24,26H,2,4,6-7,11H2,1,3H3/t24-,26+/m1/s1.